The van der Waals surface area contributed by atoms with Crippen molar-refractivity contribution in [3.05, 3.63) is 34.9 Å². The van der Waals surface area contributed by atoms with Crippen molar-refractivity contribution in [3.63, 3.8) is 0 Å². The summed E-state index contributed by atoms with van der Waals surface area (Å²) in [5, 5.41) is 0.557. The average Bonchev–Trinajstić information content (AvgIpc) is 2.44. The number of nitrogens with two attached hydrogens (primary N) is 1. The first-order chi connectivity index (χ1) is 6.74. The van der Waals surface area contributed by atoms with Gasteiger partial charge in [0.25, 0.3) is 0 Å². The van der Waals surface area contributed by atoms with Crippen LogP contribution < -0.4 is 5.73 Å². The molecule has 4 heteroatoms. The van der Waals surface area contributed by atoms with Crippen LogP contribution in [-0.2, 0) is 6.42 Å². The summed E-state index contributed by atoms with van der Waals surface area (Å²) in [5.41, 5.74) is 7.65. The van der Waals surface area contributed by atoms with E-state index in [1.54, 1.807) is 0 Å². The van der Waals surface area contributed by atoms with E-state index in [2.05, 4.69) is 9.38 Å². The summed E-state index contributed by atoms with van der Waals surface area (Å²) >= 11 is 5.99. The Bertz CT molecular complexity index is 462. The molecule has 0 radical (unpaired) electrons. The maximum Gasteiger partial charge on any atom is 0.155 e. The van der Waals surface area contributed by atoms with Crippen molar-refractivity contribution in [2.45, 2.75) is 13.3 Å². The number of halogens is 1. The van der Waals surface area contributed by atoms with Crippen LogP contribution in [0.25, 0.3) is 5.52 Å². The fourth-order valence-electron chi connectivity index (χ4n) is 1.69. The summed E-state index contributed by atoms with van der Waals surface area (Å²) in [4.78, 5) is 4.22. The zero-order valence-corrected chi connectivity index (χ0v) is 8.75. The molecule has 0 saturated heterocycles. The van der Waals surface area contributed by atoms with E-state index in [9.17, 15) is 0 Å². The molecule has 3 nitrogen and oxygen atoms in total. The monoisotopic (exact) mass is 209 g/mol. The van der Waals surface area contributed by atoms with Crippen LogP contribution in [0.15, 0.2) is 18.2 Å². The molecule has 0 bridgehead atoms. The van der Waals surface area contributed by atoms with Gasteiger partial charge in [-0.15, -0.1) is 0 Å². The minimum atomic E-state index is 0.557. The van der Waals surface area contributed by atoms with Gasteiger partial charge in [0.1, 0.15) is 5.82 Å². The molecule has 0 spiro atoms. The van der Waals surface area contributed by atoms with E-state index in [0.29, 0.717) is 11.7 Å². The molecule has 0 aliphatic carbocycles. The lowest BCUT2D eigenvalue weighted by molar-refractivity contribution is 0.873. The Kier molecular flexibility index (Phi) is 2.44. The van der Waals surface area contributed by atoms with Gasteiger partial charge in [-0.1, -0.05) is 17.7 Å². The predicted molar refractivity (Wildman–Crippen MR) is 57.7 cm³/mol. The van der Waals surface area contributed by atoms with Crippen LogP contribution in [0.3, 0.4) is 0 Å². The number of aromatic nitrogens is 2. The average molecular weight is 210 g/mol. The molecule has 0 amide bonds. The van der Waals surface area contributed by atoms with Gasteiger partial charge in [0.15, 0.2) is 5.15 Å². The van der Waals surface area contributed by atoms with Gasteiger partial charge < -0.3 is 5.73 Å². The number of aryl methyl sites for hydroxylation is 1. The van der Waals surface area contributed by atoms with Crippen LogP contribution >= 0.6 is 11.6 Å². The van der Waals surface area contributed by atoms with Crippen molar-refractivity contribution in [1.82, 2.24) is 9.38 Å². The lowest BCUT2D eigenvalue weighted by Crippen LogP contribution is -2.07. The number of fused-ring (bicyclic) bond motifs is 1. The molecule has 0 aromatic carbocycles. The number of rotatable bonds is 2. The van der Waals surface area contributed by atoms with Gasteiger partial charge >= 0.3 is 0 Å². The molecule has 74 valence electrons. The molecule has 0 atom stereocenters. The van der Waals surface area contributed by atoms with E-state index in [1.165, 1.54) is 0 Å². The van der Waals surface area contributed by atoms with Crippen molar-refractivity contribution >= 4 is 17.1 Å². The van der Waals surface area contributed by atoms with E-state index in [0.717, 1.165) is 23.5 Å². The standard InChI is InChI=1S/C10H12ClN3/c1-7-13-10(11)9-4-2-3-8(5-6-12)14(7)9/h2-4H,5-6,12H2,1H3. The second kappa shape index (κ2) is 3.59. The minimum absolute atomic E-state index is 0.557. The summed E-state index contributed by atoms with van der Waals surface area (Å²) in [6, 6.07) is 5.99. The van der Waals surface area contributed by atoms with Crippen LogP contribution in [0, 0.1) is 6.92 Å². The van der Waals surface area contributed by atoms with E-state index >= 15 is 0 Å². The van der Waals surface area contributed by atoms with E-state index in [1.807, 2.05) is 25.1 Å². The lowest BCUT2D eigenvalue weighted by Gasteiger charge is -2.04. The first kappa shape index (κ1) is 9.49. The molecule has 2 aromatic rings. The van der Waals surface area contributed by atoms with Crippen molar-refractivity contribution in [2.24, 2.45) is 5.73 Å². The van der Waals surface area contributed by atoms with E-state index in [4.69, 9.17) is 17.3 Å². The molecule has 2 heterocycles. The van der Waals surface area contributed by atoms with Crippen molar-refractivity contribution in [3.8, 4) is 0 Å². The third kappa shape index (κ3) is 1.38. The Morgan fingerprint density at radius 3 is 3.00 bits per heavy atom. The Balaban J connectivity index is 2.72. The van der Waals surface area contributed by atoms with Gasteiger partial charge in [-0.3, -0.25) is 4.40 Å². The topological polar surface area (TPSA) is 43.3 Å². The van der Waals surface area contributed by atoms with Gasteiger partial charge in [0.05, 0.1) is 5.52 Å². The lowest BCUT2D eigenvalue weighted by atomic mass is 10.2. The molecule has 0 aliphatic rings. The second-order valence-electron chi connectivity index (χ2n) is 3.23. The van der Waals surface area contributed by atoms with Gasteiger partial charge in [0.2, 0.25) is 0 Å². The molecule has 2 aromatic heterocycles. The zero-order chi connectivity index (χ0) is 10.1. The molecule has 0 unspecified atom stereocenters. The van der Waals surface area contributed by atoms with Gasteiger partial charge in [-0.2, -0.15) is 0 Å². The number of hydrogen-bond acceptors (Lipinski definition) is 2. The first-order valence-electron chi connectivity index (χ1n) is 4.56. The summed E-state index contributed by atoms with van der Waals surface area (Å²) in [7, 11) is 0. The third-order valence-corrected chi connectivity index (χ3v) is 2.54. The Labute approximate surface area is 87.5 Å². The Morgan fingerprint density at radius 1 is 1.50 bits per heavy atom. The molecule has 0 saturated carbocycles. The van der Waals surface area contributed by atoms with Crippen molar-refractivity contribution in [2.75, 3.05) is 6.54 Å². The number of pyridine rings is 1. The SMILES string of the molecule is Cc1nc(Cl)c2cccc(CCN)n12. The molecular weight excluding hydrogens is 198 g/mol. The summed E-state index contributed by atoms with van der Waals surface area (Å²) in [6.07, 6.45) is 0.838. The summed E-state index contributed by atoms with van der Waals surface area (Å²) in [6.45, 7) is 2.58. The maximum absolute atomic E-state index is 5.99. The largest absolute Gasteiger partial charge is 0.330 e. The van der Waals surface area contributed by atoms with Gasteiger partial charge in [0, 0.05) is 12.1 Å². The van der Waals surface area contributed by atoms with E-state index < -0.39 is 0 Å². The number of hydrogen-bond donors (Lipinski definition) is 1. The smallest absolute Gasteiger partial charge is 0.155 e. The predicted octanol–water partition coefficient (Wildman–Crippen LogP) is 1.80. The quantitative estimate of drug-likeness (QED) is 0.820. The summed E-state index contributed by atoms with van der Waals surface area (Å²) in [5.74, 6) is 0.911. The van der Waals surface area contributed by atoms with Crippen LogP contribution in [0.1, 0.15) is 11.5 Å². The van der Waals surface area contributed by atoms with Gasteiger partial charge in [-0.25, -0.2) is 4.98 Å². The molecular formula is C10H12ClN3. The highest BCUT2D eigenvalue weighted by atomic mass is 35.5. The zero-order valence-electron chi connectivity index (χ0n) is 8.00. The maximum atomic E-state index is 5.99. The molecule has 2 N–H and O–H groups in total. The number of imidazole rings is 1. The van der Waals surface area contributed by atoms with Crippen LogP contribution in [0.2, 0.25) is 5.15 Å². The highest BCUT2D eigenvalue weighted by molar-refractivity contribution is 6.32. The molecule has 14 heavy (non-hydrogen) atoms. The first-order valence-corrected chi connectivity index (χ1v) is 4.94. The highest BCUT2D eigenvalue weighted by Gasteiger charge is 2.08. The second-order valence-corrected chi connectivity index (χ2v) is 3.58. The number of nitrogens with zero attached hydrogens (tertiary/aromatic N) is 2. The molecule has 0 fully saturated rings. The molecule has 2 rings (SSSR count). The third-order valence-electron chi connectivity index (χ3n) is 2.27. The Morgan fingerprint density at radius 2 is 2.29 bits per heavy atom. The van der Waals surface area contributed by atoms with E-state index in [-0.39, 0.29) is 0 Å². The van der Waals surface area contributed by atoms with Gasteiger partial charge in [-0.05, 0) is 25.6 Å². The van der Waals surface area contributed by atoms with Crippen molar-refractivity contribution in [1.29, 1.82) is 0 Å². The fourth-order valence-corrected chi connectivity index (χ4v) is 1.96. The Hall–Kier alpha value is -1.06. The van der Waals surface area contributed by atoms with Crippen molar-refractivity contribution < 1.29 is 0 Å². The van der Waals surface area contributed by atoms with Crippen LogP contribution in [-0.4, -0.2) is 15.9 Å². The fraction of sp³-hybridized carbons (Fsp3) is 0.300. The van der Waals surface area contributed by atoms with Crippen LogP contribution in [0.5, 0.6) is 0 Å². The summed E-state index contributed by atoms with van der Waals surface area (Å²) < 4.78 is 2.05. The van der Waals surface area contributed by atoms with Crippen LogP contribution in [0.4, 0.5) is 0 Å². The molecule has 0 aliphatic heterocycles. The highest BCUT2D eigenvalue weighted by Crippen LogP contribution is 2.19. The minimum Gasteiger partial charge on any atom is -0.330 e. The normalized spacial score (nSPS) is 11.1.